The maximum absolute atomic E-state index is 12.5. The standard InChI is InChI=1S/C37H66NO9P/c1-3-5-7-9-11-13-15-17-18-20-22-24-26-28-30-44-31-34(32-45-48(42,43)46-33-35(38)37(40)41)47-36(39)29-27-25-23-21-19-16-14-12-10-8-6-4-2/h5,7,11-14,17-18,34-35H,3-4,6,8-10,15-16,19-33,38H2,1-2H3,(H,40,41)(H,42,43)/b7-5-,13-11-,14-12-,18-17-. The zero-order valence-electron chi connectivity index (χ0n) is 29.8. The molecule has 0 aromatic rings. The molecule has 0 saturated carbocycles. The van der Waals surface area contributed by atoms with Gasteiger partial charge in [0, 0.05) is 13.0 Å². The first-order valence-corrected chi connectivity index (χ1v) is 19.7. The van der Waals surface area contributed by atoms with Crippen molar-refractivity contribution in [3.8, 4) is 0 Å². The molecule has 0 heterocycles. The molecule has 0 aromatic carbocycles. The summed E-state index contributed by atoms with van der Waals surface area (Å²) in [6.45, 7) is 3.65. The molecule has 11 heteroatoms. The topological polar surface area (TPSA) is 155 Å². The smallest absolute Gasteiger partial charge is 0.472 e. The van der Waals surface area contributed by atoms with Crippen LogP contribution in [0.3, 0.4) is 0 Å². The molecule has 3 unspecified atom stereocenters. The summed E-state index contributed by atoms with van der Waals surface area (Å²) in [5.41, 5.74) is 5.33. The van der Waals surface area contributed by atoms with Crippen molar-refractivity contribution in [2.75, 3.05) is 26.4 Å². The minimum Gasteiger partial charge on any atom is -0.480 e. The summed E-state index contributed by atoms with van der Waals surface area (Å²) in [6.07, 6.45) is 36.0. The van der Waals surface area contributed by atoms with Crippen molar-refractivity contribution >= 4 is 19.8 Å². The minimum atomic E-state index is -4.62. The summed E-state index contributed by atoms with van der Waals surface area (Å²) in [4.78, 5) is 33.3. The van der Waals surface area contributed by atoms with Crippen LogP contribution in [0.2, 0.25) is 0 Å². The summed E-state index contributed by atoms with van der Waals surface area (Å²) < 4.78 is 33.1. The number of nitrogens with two attached hydrogens (primary N) is 1. The van der Waals surface area contributed by atoms with Gasteiger partial charge in [-0.3, -0.25) is 18.6 Å². The number of carbonyl (C=O) groups is 2. The number of phosphoric ester groups is 1. The van der Waals surface area contributed by atoms with E-state index in [0.717, 1.165) is 89.9 Å². The van der Waals surface area contributed by atoms with E-state index >= 15 is 0 Å². The van der Waals surface area contributed by atoms with Crippen LogP contribution in [0.25, 0.3) is 0 Å². The van der Waals surface area contributed by atoms with E-state index < -0.39 is 45.1 Å². The average Bonchev–Trinajstić information content (AvgIpc) is 3.06. The molecular weight excluding hydrogens is 633 g/mol. The predicted octanol–water partition coefficient (Wildman–Crippen LogP) is 9.14. The van der Waals surface area contributed by atoms with Gasteiger partial charge in [-0.15, -0.1) is 0 Å². The highest BCUT2D eigenvalue weighted by atomic mass is 31.2. The number of unbranched alkanes of at least 4 members (excludes halogenated alkanes) is 12. The molecule has 0 spiro atoms. The fraction of sp³-hybridized carbons (Fsp3) is 0.730. The molecule has 48 heavy (non-hydrogen) atoms. The van der Waals surface area contributed by atoms with E-state index in [1.54, 1.807) is 0 Å². The fourth-order valence-electron chi connectivity index (χ4n) is 4.49. The number of carbonyl (C=O) groups excluding carboxylic acids is 1. The van der Waals surface area contributed by atoms with Gasteiger partial charge in [0.25, 0.3) is 0 Å². The highest BCUT2D eigenvalue weighted by Gasteiger charge is 2.27. The molecule has 0 aliphatic carbocycles. The molecule has 3 atom stereocenters. The van der Waals surface area contributed by atoms with Gasteiger partial charge in [0.2, 0.25) is 0 Å². The van der Waals surface area contributed by atoms with Crippen LogP contribution < -0.4 is 5.73 Å². The SMILES string of the molecule is CC/C=C\C/C=C\C/C=C\CCCCCCOCC(COP(=O)(O)OCC(N)C(=O)O)OC(=O)CCCCCCC/C=C\CCCCC. The van der Waals surface area contributed by atoms with Crippen LogP contribution in [-0.4, -0.2) is 60.5 Å². The molecule has 4 N–H and O–H groups in total. The molecular formula is C37H66NO9P. The summed E-state index contributed by atoms with van der Waals surface area (Å²) in [6, 6.07) is -1.48. The maximum Gasteiger partial charge on any atom is 0.472 e. The number of aliphatic carboxylic acids is 1. The first kappa shape index (κ1) is 45.9. The second kappa shape index (κ2) is 33.4. The molecule has 10 nitrogen and oxygen atoms in total. The number of rotatable bonds is 34. The van der Waals surface area contributed by atoms with Gasteiger partial charge in [-0.2, -0.15) is 0 Å². The Hall–Kier alpha value is -2.07. The van der Waals surface area contributed by atoms with Gasteiger partial charge in [-0.1, -0.05) is 107 Å². The lowest BCUT2D eigenvalue weighted by Gasteiger charge is -2.20. The minimum absolute atomic E-state index is 0.00314. The van der Waals surface area contributed by atoms with Crippen LogP contribution in [0.4, 0.5) is 0 Å². The van der Waals surface area contributed by atoms with Gasteiger partial charge >= 0.3 is 19.8 Å². The summed E-state index contributed by atoms with van der Waals surface area (Å²) in [5, 5.41) is 8.85. The van der Waals surface area contributed by atoms with Gasteiger partial charge in [0.15, 0.2) is 0 Å². The van der Waals surface area contributed by atoms with Gasteiger partial charge in [0.05, 0.1) is 19.8 Å². The number of hydrogen-bond acceptors (Lipinski definition) is 8. The van der Waals surface area contributed by atoms with E-state index in [4.69, 9.17) is 24.8 Å². The van der Waals surface area contributed by atoms with Crippen LogP contribution in [0, 0.1) is 0 Å². The van der Waals surface area contributed by atoms with Gasteiger partial charge in [-0.25, -0.2) is 4.57 Å². The summed E-state index contributed by atoms with van der Waals surface area (Å²) in [7, 11) is -4.62. The molecule has 0 fully saturated rings. The number of phosphoric acid groups is 1. The monoisotopic (exact) mass is 699 g/mol. The number of carboxylic acids is 1. The molecule has 0 radical (unpaired) electrons. The maximum atomic E-state index is 12.5. The highest BCUT2D eigenvalue weighted by molar-refractivity contribution is 7.47. The van der Waals surface area contributed by atoms with Gasteiger partial charge in [0.1, 0.15) is 12.1 Å². The second-order valence-electron chi connectivity index (χ2n) is 12.0. The Bertz CT molecular complexity index is 951. The third-order valence-electron chi connectivity index (χ3n) is 7.34. The number of esters is 1. The van der Waals surface area contributed by atoms with Crippen molar-refractivity contribution in [1.29, 1.82) is 0 Å². The van der Waals surface area contributed by atoms with Crippen LogP contribution in [0.15, 0.2) is 48.6 Å². The Kier molecular flexibility index (Phi) is 32.0. The highest BCUT2D eigenvalue weighted by Crippen LogP contribution is 2.43. The largest absolute Gasteiger partial charge is 0.480 e. The van der Waals surface area contributed by atoms with Crippen LogP contribution >= 0.6 is 7.82 Å². The van der Waals surface area contributed by atoms with Crippen LogP contribution in [-0.2, 0) is 32.7 Å². The summed E-state index contributed by atoms with van der Waals surface area (Å²) in [5.74, 6) is -1.80. The number of hydrogen-bond donors (Lipinski definition) is 3. The number of ether oxygens (including phenoxy) is 2. The van der Waals surface area contributed by atoms with Gasteiger partial charge < -0.3 is 25.2 Å². The van der Waals surface area contributed by atoms with E-state index in [1.807, 2.05) is 0 Å². The Labute approximate surface area is 290 Å². The first-order valence-electron chi connectivity index (χ1n) is 18.2. The molecule has 278 valence electrons. The Balaban J connectivity index is 4.40. The first-order chi connectivity index (χ1) is 23.2. The lowest BCUT2D eigenvalue weighted by atomic mass is 10.1. The van der Waals surface area contributed by atoms with Crippen LogP contribution in [0.5, 0.6) is 0 Å². The van der Waals surface area contributed by atoms with E-state index in [-0.39, 0.29) is 13.0 Å². The molecule has 0 aliphatic rings. The average molecular weight is 700 g/mol. The second-order valence-corrected chi connectivity index (χ2v) is 13.4. The normalized spacial score (nSPS) is 14.8. The summed E-state index contributed by atoms with van der Waals surface area (Å²) >= 11 is 0. The van der Waals surface area contributed by atoms with Crippen molar-refractivity contribution in [1.82, 2.24) is 0 Å². The lowest BCUT2D eigenvalue weighted by molar-refractivity contribution is -0.154. The van der Waals surface area contributed by atoms with E-state index in [2.05, 4.69) is 67.0 Å². The van der Waals surface area contributed by atoms with E-state index in [9.17, 15) is 19.0 Å². The van der Waals surface area contributed by atoms with E-state index in [0.29, 0.717) is 13.0 Å². The van der Waals surface area contributed by atoms with Crippen molar-refractivity contribution in [3.05, 3.63) is 48.6 Å². The molecule has 0 aromatic heterocycles. The lowest BCUT2D eigenvalue weighted by Crippen LogP contribution is -2.34. The number of carboxylic acid groups (broad SMARTS) is 1. The Morgan fingerprint density at radius 1 is 0.688 bits per heavy atom. The molecule has 0 bridgehead atoms. The van der Waals surface area contributed by atoms with Crippen molar-refractivity contribution in [2.45, 2.75) is 148 Å². The van der Waals surface area contributed by atoms with Crippen molar-refractivity contribution < 1.29 is 42.7 Å². The zero-order chi connectivity index (χ0) is 35.6. The fourth-order valence-corrected chi connectivity index (χ4v) is 5.27. The quantitative estimate of drug-likeness (QED) is 0.0256. The van der Waals surface area contributed by atoms with Crippen LogP contribution in [0.1, 0.15) is 136 Å². The Morgan fingerprint density at radius 3 is 1.83 bits per heavy atom. The molecule has 0 rings (SSSR count). The van der Waals surface area contributed by atoms with E-state index in [1.165, 1.54) is 19.3 Å². The van der Waals surface area contributed by atoms with Gasteiger partial charge in [-0.05, 0) is 70.6 Å². The molecule has 0 amide bonds. The predicted molar refractivity (Wildman–Crippen MR) is 194 cm³/mol. The third-order valence-corrected chi connectivity index (χ3v) is 8.29. The number of allylic oxidation sites excluding steroid dienone is 8. The third kappa shape index (κ3) is 32.5. The Morgan fingerprint density at radius 2 is 1.21 bits per heavy atom. The van der Waals surface area contributed by atoms with Crippen molar-refractivity contribution in [3.63, 3.8) is 0 Å². The zero-order valence-corrected chi connectivity index (χ0v) is 30.7. The molecule has 0 aliphatic heterocycles. The molecule has 0 saturated heterocycles. The van der Waals surface area contributed by atoms with Crippen molar-refractivity contribution in [2.24, 2.45) is 5.73 Å².